The minimum Gasteiger partial charge on any atom is -0.338 e. The van der Waals surface area contributed by atoms with Crippen molar-refractivity contribution < 1.29 is 9.59 Å². The molecule has 1 fully saturated rings. The van der Waals surface area contributed by atoms with E-state index in [1.807, 2.05) is 57.4 Å². The first-order valence-corrected chi connectivity index (χ1v) is 9.98. The average molecular weight is 366 g/mol. The molecule has 0 saturated carbocycles. The first-order chi connectivity index (χ1) is 12.6. The van der Waals surface area contributed by atoms with Gasteiger partial charge in [-0.3, -0.25) is 9.59 Å². The van der Waals surface area contributed by atoms with E-state index in [0.29, 0.717) is 11.6 Å². The number of hydrogen-bond acceptors (Lipinski definition) is 3. The summed E-state index contributed by atoms with van der Waals surface area (Å²) in [7, 11) is 0. The first kappa shape index (κ1) is 17.0. The molecule has 0 bridgehead atoms. The Kier molecular flexibility index (Phi) is 4.64. The second-order valence-electron chi connectivity index (χ2n) is 6.93. The molecule has 3 heterocycles. The van der Waals surface area contributed by atoms with Crippen LogP contribution in [-0.2, 0) is 11.3 Å². The van der Waals surface area contributed by atoms with E-state index in [0.717, 1.165) is 35.2 Å². The molecule has 1 aliphatic rings. The summed E-state index contributed by atoms with van der Waals surface area (Å²) in [5.74, 6) is 0.154. The number of piperidine rings is 1. The van der Waals surface area contributed by atoms with Gasteiger partial charge in [-0.25, -0.2) is 0 Å². The molecule has 1 saturated heterocycles. The van der Waals surface area contributed by atoms with Crippen molar-refractivity contribution >= 4 is 33.9 Å². The van der Waals surface area contributed by atoms with Gasteiger partial charge in [0.05, 0.1) is 4.88 Å². The quantitative estimate of drug-likeness (QED) is 0.645. The van der Waals surface area contributed by atoms with E-state index in [4.69, 9.17) is 0 Å². The number of amides is 1. The van der Waals surface area contributed by atoms with Gasteiger partial charge < -0.3 is 9.47 Å². The number of hydrogen-bond donors (Lipinski definition) is 0. The molecule has 0 aliphatic carbocycles. The predicted octanol–water partition coefficient (Wildman–Crippen LogP) is 4.33. The second-order valence-corrected chi connectivity index (χ2v) is 7.87. The number of thiophene rings is 1. The molecule has 26 heavy (non-hydrogen) atoms. The largest absolute Gasteiger partial charge is 0.338 e. The Labute approximate surface area is 157 Å². The van der Waals surface area contributed by atoms with Crippen LogP contribution in [-0.4, -0.2) is 33.7 Å². The number of fused-ring (bicyclic) bond motifs is 1. The SMILES string of the molecule is C[C@@H]1CCCCN1C(=O)Cn1cc(C(=O)c2cccs2)c2ccccc21. The van der Waals surface area contributed by atoms with Crippen molar-refractivity contribution in [3.8, 4) is 0 Å². The van der Waals surface area contributed by atoms with Gasteiger partial charge in [0, 0.05) is 35.2 Å². The summed E-state index contributed by atoms with van der Waals surface area (Å²) in [6.07, 6.45) is 5.18. The number of carbonyl (C=O) groups excluding carboxylic acids is 2. The van der Waals surface area contributed by atoms with E-state index < -0.39 is 0 Å². The molecule has 5 heteroatoms. The molecule has 0 N–H and O–H groups in total. The fraction of sp³-hybridized carbons (Fsp3) is 0.333. The Morgan fingerprint density at radius 1 is 1.15 bits per heavy atom. The lowest BCUT2D eigenvalue weighted by Gasteiger charge is -2.33. The van der Waals surface area contributed by atoms with Gasteiger partial charge in [0.25, 0.3) is 0 Å². The van der Waals surface area contributed by atoms with Crippen LogP contribution in [0.2, 0.25) is 0 Å². The van der Waals surface area contributed by atoms with E-state index >= 15 is 0 Å². The molecule has 0 unspecified atom stereocenters. The van der Waals surface area contributed by atoms with Gasteiger partial charge in [0.15, 0.2) is 0 Å². The topological polar surface area (TPSA) is 42.3 Å². The lowest BCUT2D eigenvalue weighted by Crippen LogP contribution is -2.43. The van der Waals surface area contributed by atoms with Crippen molar-refractivity contribution in [1.29, 1.82) is 0 Å². The van der Waals surface area contributed by atoms with Crippen molar-refractivity contribution in [3.05, 3.63) is 58.4 Å². The van der Waals surface area contributed by atoms with Gasteiger partial charge in [-0.1, -0.05) is 24.3 Å². The maximum absolute atomic E-state index is 12.9. The Morgan fingerprint density at radius 2 is 2.00 bits per heavy atom. The summed E-state index contributed by atoms with van der Waals surface area (Å²) < 4.78 is 1.93. The molecule has 4 nitrogen and oxygen atoms in total. The zero-order chi connectivity index (χ0) is 18.1. The highest BCUT2D eigenvalue weighted by Gasteiger charge is 2.24. The first-order valence-electron chi connectivity index (χ1n) is 9.10. The van der Waals surface area contributed by atoms with Crippen molar-refractivity contribution in [1.82, 2.24) is 9.47 Å². The van der Waals surface area contributed by atoms with Crippen LogP contribution in [0.25, 0.3) is 10.9 Å². The smallest absolute Gasteiger partial charge is 0.242 e. The normalized spacial score (nSPS) is 17.6. The van der Waals surface area contributed by atoms with Crippen LogP contribution in [0.3, 0.4) is 0 Å². The number of likely N-dealkylation sites (tertiary alicyclic amines) is 1. The van der Waals surface area contributed by atoms with E-state index in [2.05, 4.69) is 6.92 Å². The van der Waals surface area contributed by atoms with Gasteiger partial charge in [-0.2, -0.15) is 0 Å². The molecular formula is C21H22N2O2S. The second kappa shape index (κ2) is 7.08. The third-order valence-electron chi connectivity index (χ3n) is 5.21. The van der Waals surface area contributed by atoms with Crippen molar-refractivity contribution in [2.75, 3.05) is 6.54 Å². The highest BCUT2D eigenvalue weighted by atomic mass is 32.1. The van der Waals surface area contributed by atoms with Crippen LogP contribution < -0.4 is 0 Å². The molecule has 3 aromatic rings. The zero-order valence-corrected chi connectivity index (χ0v) is 15.7. The van der Waals surface area contributed by atoms with Gasteiger partial charge in [-0.15, -0.1) is 11.3 Å². The zero-order valence-electron chi connectivity index (χ0n) is 14.9. The van der Waals surface area contributed by atoms with Crippen LogP contribution in [0.4, 0.5) is 0 Å². The highest BCUT2D eigenvalue weighted by Crippen LogP contribution is 2.26. The lowest BCUT2D eigenvalue weighted by atomic mass is 10.0. The Hall–Kier alpha value is -2.40. The fourth-order valence-electron chi connectivity index (χ4n) is 3.80. The number of nitrogens with zero attached hydrogens (tertiary/aromatic N) is 2. The van der Waals surface area contributed by atoms with Crippen LogP contribution in [0.5, 0.6) is 0 Å². The van der Waals surface area contributed by atoms with E-state index in [9.17, 15) is 9.59 Å². The van der Waals surface area contributed by atoms with Crippen LogP contribution in [0.15, 0.2) is 48.0 Å². The number of carbonyl (C=O) groups is 2. The Bertz CT molecular complexity index is 942. The number of ketones is 1. The highest BCUT2D eigenvalue weighted by molar-refractivity contribution is 7.12. The third-order valence-corrected chi connectivity index (χ3v) is 6.08. The summed E-state index contributed by atoms with van der Waals surface area (Å²) in [4.78, 5) is 28.4. The monoisotopic (exact) mass is 366 g/mol. The van der Waals surface area contributed by atoms with Crippen molar-refractivity contribution in [2.45, 2.75) is 38.8 Å². The van der Waals surface area contributed by atoms with Gasteiger partial charge in [0.1, 0.15) is 6.54 Å². The Balaban J connectivity index is 1.67. The third kappa shape index (κ3) is 3.07. The molecule has 2 aromatic heterocycles. The maximum Gasteiger partial charge on any atom is 0.242 e. The molecule has 0 radical (unpaired) electrons. The lowest BCUT2D eigenvalue weighted by molar-refractivity contribution is -0.135. The maximum atomic E-state index is 12.9. The Morgan fingerprint density at radius 3 is 2.77 bits per heavy atom. The molecule has 1 amide bonds. The van der Waals surface area contributed by atoms with Gasteiger partial charge >= 0.3 is 0 Å². The number of rotatable bonds is 4. The molecule has 0 spiro atoms. The molecular weight excluding hydrogens is 344 g/mol. The van der Waals surface area contributed by atoms with Gasteiger partial charge in [0.2, 0.25) is 11.7 Å². The van der Waals surface area contributed by atoms with E-state index in [1.165, 1.54) is 17.8 Å². The van der Waals surface area contributed by atoms with Crippen LogP contribution in [0, 0.1) is 0 Å². The van der Waals surface area contributed by atoms with E-state index in [1.54, 1.807) is 0 Å². The van der Waals surface area contributed by atoms with Gasteiger partial charge in [-0.05, 0) is 43.7 Å². The predicted molar refractivity (Wildman–Crippen MR) is 105 cm³/mol. The molecule has 134 valence electrons. The summed E-state index contributed by atoms with van der Waals surface area (Å²) in [5, 5.41) is 2.82. The van der Waals surface area contributed by atoms with Crippen molar-refractivity contribution in [2.24, 2.45) is 0 Å². The standard InChI is InChI=1S/C21H22N2O2S/c1-15-7-4-5-11-23(15)20(24)14-22-13-17(16-8-2-3-9-18(16)22)21(25)19-10-6-12-26-19/h2-3,6,8-10,12-13,15H,4-5,7,11,14H2,1H3/t15-/m1/s1. The number of para-hydroxylation sites is 1. The summed E-state index contributed by atoms with van der Waals surface area (Å²) in [6.45, 7) is 3.24. The van der Waals surface area contributed by atoms with Crippen LogP contribution in [0.1, 0.15) is 41.4 Å². The summed E-state index contributed by atoms with van der Waals surface area (Å²) >= 11 is 1.45. The summed E-state index contributed by atoms with van der Waals surface area (Å²) in [6, 6.07) is 11.9. The summed E-state index contributed by atoms with van der Waals surface area (Å²) in [5.41, 5.74) is 1.60. The molecule has 4 rings (SSSR count). The van der Waals surface area contributed by atoms with E-state index in [-0.39, 0.29) is 18.2 Å². The minimum absolute atomic E-state index is 0.0220. The number of benzene rings is 1. The number of aromatic nitrogens is 1. The van der Waals surface area contributed by atoms with Crippen LogP contribution >= 0.6 is 11.3 Å². The van der Waals surface area contributed by atoms with Crippen molar-refractivity contribution in [3.63, 3.8) is 0 Å². The molecule has 1 aromatic carbocycles. The fourth-order valence-corrected chi connectivity index (χ4v) is 4.48. The molecule has 1 aliphatic heterocycles. The molecule has 1 atom stereocenters. The minimum atomic E-state index is 0.0220. The average Bonchev–Trinajstić information content (AvgIpc) is 3.30.